The van der Waals surface area contributed by atoms with Gasteiger partial charge >= 0.3 is 0 Å². The molecule has 1 aromatic rings. The number of rotatable bonds is 1. The van der Waals surface area contributed by atoms with E-state index in [1.165, 1.54) is 5.56 Å². The Morgan fingerprint density at radius 3 is 3.12 bits per heavy atom. The third-order valence-electron chi connectivity index (χ3n) is 3.94. The molecule has 2 aliphatic heterocycles. The van der Waals surface area contributed by atoms with Crippen molar-refractivity contribution >= 4 is 11.6 Å². The molecule has 0 amide bonds. The molecule has 3 rings (SSSR count). The van der Waals surface area contributed by atoms with Crippen LogP contribution in [-0.4, -0.2) is 25.8 Å². The summed E-state index contributed by atoms with van der Waals surface area (Å²) in [7, 11) is 1.71. The standard InChI is InChI=1S/C13H16ClNO2/c1-13-7-15-5-9(13)12-8(6-17-13)10(14)3-4-11(12)16-2/h3-4,9,15H,5-7H2,1-2H3/t9-,13-/m0/s1. The summed E-state index contributed by atoms with van der Waals surface area (Å²) in [6.07, 6.45) is 0. The third-order valence-corrected chi connectivity index (χ3v) is 4.29. The first-order chi connectivity index (χ1) is 8.15. The average Bonchev–Trinajstić information content (AvgIpc) is 2.71. The Labute approximate surface area is 106 Å². The highest BCUT2D eigenvalue weighted by molar-refractivity contribution is 6.31. The van der Waals surface area contributed by atoms with Crippen molar-refractivity contribution in [1.29, 1.82) is 0 Å². The number of halogens is 1. The van der Waals surface area contributed by atoms with Gasteiger partial charge in [-0.3, -0.25) is 0 Å². The van der Waals surface area contributed by atoms with Gasteiger partial charge in [0.05, 0.1) is 19.3 Å². The molecule has 3 nitrogen and oxygen atoms in total. The molecule has 0 aromatic heterocycles. The summed E-state index contributed by atoms with van der Waals surface area (Å²) in [6.45, 7) is 4.52. The van der Waals surface area contributed by atoms with Crippen molar-refractivity contribution in [2.45, 2.75) is 25.0 Å². The van der Waals surface area contributed by atoms with E-state index in [0.29, 0.717) is 12.5 Å². The Kier molecular flexibility index (Phi) is 2.58. The lowest BCUT2D eigenvalue weighted by Crippen LogP contribution is -2.40. The van der Waals surface area contributed by atoms with Crippen LogP contribution in [0.3, 0.4) is 0 Å². The average molecular weight is 254 g/mol. The van der Waals surface area contributed by atoms with Gasteiger partial charge in [-0.05, 0) is 19.1 Å². The third kappa shape index (κ3) is 1.57. The van der Waals surface area contributed by atoms with E-state index in [1.807, 2.05) is 12.1 Å². The number of nitrogens with one attached hydrogen (secondary N) is 1. The number of methoxy groups -OCH3 is 1. The van der Waals surface area contributed by atoms with Gasteiger partial charge in [0.1, 0.15) is 5.75 Å². The summed E-state index contributed by atoms with van der Waals surface area (Å²) in [5.41, 5.74) is 2.17. The van der Waals surface area contributed by atoms with Gasteiger partial charge in [-0.1, -0.05) is 11.6 Å². The summed E-state index contributed by atoms with van der Waals surface area (Å²) >= 11 is 6.25. The summed E-state index contributed by atoms with van der Waals surface area (Å²) in [4.78, 5) is 0. The minimum Gasteiger partial charge on any atom is -0.496 e. The maximum absolute atomic E-state index is 6.25. The van der Waals surface area contributed by atoms with Crippen molar-refractivity contribution in [3.63, 3.8) is 0 Å². The minimum atomic E-state index is -0.134. The highest BCUT2D eigenvalue weighted by Gasteiger charge is 2.46. The molecular formula is C13H16ClNO2. The molecule has 17 heavy (non-hydrogen) atoms. The van der Waals surface area contributed by atoms with Gasteiger partial charge in [0.15, 0.2) is 0 Å². The van der Waals surface area contributed by atoms with Crippen molar-refractivity contribution in [2.24, 2.45) is 0 Å². The van der Waals surface area contributed by atoms with E-state index < -0.39 is 0 Å². The fourth-order valence-corrected chi connectivity index (χ4v) is 3.14. The zero-order valence-corrected chi connectivity index (χ0v) is 10.8. The predicted molar refractivity (Wildman–Crippen MR) is 66.8 cm³/mol. The largest absolute Gasteiger partial charge is 0.496 e. The fraction of sp³-hybridized carbons (Fsp3) is 0.538. The molecular weight excluding hydrogens is 238 g/mol. The van der Waals surface area contributed by atoms with E-state index in [1.54, 1.807) is 7.11 Å². The number of hydrogen-bond acceptors (Lipinski definition) is 3. The summed E-state index contributed by atoms with van der Waals surface area (Å²) in [6, 6.07) is 3.83. The first-order valence-electron chi connectivity index (χ1n) is 5.85. The molecule has 2 heterocycles. The fourth-order valence-electron chi connectivity index (χ4n) is 2.92. The molecule has 2 atom stereocenters. The normalized spacial score (nSPS) is 30.9. The summed E-state index contributed by atoms with van der Waals surface area (Å²) in [5.74, 6) is 1.24. The van der Waals surface area contributed by atoms with Crippen LogP contribution in [0.4, 0.5) is 0 Å². The Balaban J connectivity index is 2.18. The van der Waals surface area contributed by atoms with Gasteiger partial charge in [0, 0.05) is 35.2 Å². The molecule has 1 aromatic carbocycles. The van der Waals surface area contributed by atoms with Crippen molar-refractivity contribution in [2.75, 3.05) is 20.2 Å². The highest BCUT2D eigenvalue weighted by Crippen LogP contribution is 2.46. The smallest absolute Gasteiger partial charge is 0.122 e. The van der Waals surface area contributed by atoms with Crippen LogP contribution in [0.2, 0.25) is 5.02 Å². The van der Waals surface area contributed by atoms with Crippen LogP contribution in [-0.2, 0) is 11.3 Å². The van der Waals surface area contributed by atoms with Gasteiger partial charge < -0.3 is 14.8 Å². The van der Waals surface area contributed by atoms with Gasteiger partial charge in [-0.2, -0.15) is 0 Å². The number of ether oxygens (including phenoxy) is 2. The van der Waals surface area contributed by atoms with Crippen LogP contribution in [0.25, 0.3) is 0 Å². The molecule has 4 heteroatoms. The zero-order valence-electron chi connectivity index (χ0n) is 10.0. The first kappa shape index (κ1) is 11.3. The minimum absolute atomic E-state index is 0.134. The van der Waals surface area contributed by atoms with Crippen LogP contribution in [0.1, 0.15) is 24.0 Å². The Bertz CT molecular complexity index is 463. The van der Waals surface area contributed by atoms with E-state index in [-0.39, 0.29) is 5.60 Å². The maximum Gasteiger partial charge on any atom is 0.122 e. The zero-order chi connectivity index (χ0) is 12.0. The number of fused-ring (bicyclic) bond motifs is 3. The second kappa shape index (κ2) is 3.87. The predicted octanol–water partition coefficient (Wildman–Crippen LogP) is 2.32. The van der Waals surface area contributed by atoms with E-state index in [4.69, 9.17) is 21.1 Å². The second-order valence-electron chi connectivity index (χ2n) is 4.93. The number of benzene rings is 1. The lowest BCUT2D eigenvalue weighted by atomic mass is 9.81. The Morgan fingerprint density at radius 1 is 1.53 bits per heavy atom. The Morgan fingerprint density at radius 2 is 2.35 bits per heavy atom. The molecule has 1 N–H and O–H groups in total. The highest BCUT2D eigenvalue weighted by atomic mass is 35.5. The molecule has 1 saturated heterocycles. The van der Waals surface area contributed by atoms with E-state index in [0.717, 1.165) is 29.4 Å². The first-order valence-corrected chi connectivity index (χ1v) is 6.23. The van der Waals surface area contributed by atoms with E-state index in [9.17, 15) is 0 Å². The van der Waals surface area contributed by atoms with Crippen molar-refractivity contribution in [3.8, 4) is 5.75 Å². The molecule has 0 bridgehead atoms. The Hall–Kier alpha value is -0.770. The SMILES string of the molecule is COc1ccc(Cl)c2c1[C@@H]1CNC[C@]1(C)OC2. The van der Waals surface area contributed by atoms with Gasteiger partial charge in [-0.15, -0.1) is 0 Å². The summed E-state index contributed by atoms with van der Waals surface area (Å²) in [5, 5.41) is 4.17. The molecule has 0 aliphatic carbocycles. The molecule has 0 saturated carbocycles. The molecule has 92 valence electrons. The van der Waals surface area contributed by atoms with Crippen molar-refractivity contribution < 1.29 is 9.47 Å². The monoisotopic (exact) mass is 253 g/mol. The lowest BCUT2D eigenvalue weighted by molar-refractivity contribution is -0.0523. The molecule has 0 unspecified atom stereocenters. The molecule has 0 spiro atoms. The van der Waals surface area contributed by atoms with Crippen molar-refractivity contribution in [3.05, 3.63) is 28.3 Å². The summed E-state index contributed by atoms with van der Waals surface area (Å²) < 4.78 is 11.5. The second-order valence-corrected chi connectivity index (χ2v) is 5.33. The van der Waals surface area contributed by atoms with E-state index in [2.05, 4.69) is 12.2 Å². The van der Waals surface area contributed by atoms with Crippen LogP contribution in [0.5, 0.6) is 5.75 Å². The number of hydrogen-bond donors (Lipinski definition) is 1. The lowest BCUT2D eigenvalue weighted by Gasteiger charge is -2.38. The van der Waals surface area contributed by atoms with E-state index >= 15 is 0 Å². The molecule has 1 fully saturated rings. The van der Waals surface area contributed by atoms with Crippen LogP contribution >= 0.6 is 11.6 Å². The topological polar surface area (TPSA) is 30.5 Å². The van der Waals surface area contributed by atoms with Gasteiger partial charge in [0.25, 0.3) is 0 Å². The van der Waals surface area contributed by atoms with Crippen LogP contribution in [0.15, 0.2) is 12.1 Å². The van der Waals surface area contributed by atoms with Gasteiger partial charge in [0.2, 0.25) is 0 Å². The van der Waals surface area contributed by atoms with Crippen molar-refractivity contribution in [1.82, 2.24) is 5.32 Å². The molecule has 2 aliphatic rings. The van der Waals surface area contributed by atoms with Crippen LogP contribution in [0, 0.1) is 0 Å². The molecule has 0 radical (unpaired) electrons. The maximum atomic E-state index is 6.25. The van der Waals surface area contributed by atoms with Gasteiger partial charge in [-0.25, -0.2) is 0 Å². The van der Waals surface area contributed by atoms with Crippen LogP contribution < -0.4 is 10.1 Å². The quantitative estimate of drug-likeness (QED) is 0.833.